The highest BCUT2D eigenvalue weighted by Crippen LogP contribution is 2.61. The number of hydrogen-bond donors (Lipinski definition) is 2. The van der Waals surface area contributed by atoms with Gasteiger partial charge in [-0.2, -0.15) is 0 Å². The van der Waals surface area contributed by atoms with Crippen LogP contribution in [0.2, 0.25) is 0 Å². The van der Waals surface area contributed by atoms with Gasteiger partial charge in [0.1, 0.15) is 11.6 Å². The van der Waals surface area contributed by atoms with Gasteiger partial charge in [-0.15, -0.1) is 0 Å². The number of rotatable bonds is 1. The lowest BCUT2D eigenvalue weighted by Gasteiger charge is -2.16. The smallest absolute Gasteiger partial charge is 0.123 e. The topological polar surface area (TPSA) is 46.2 Å². The van der Waals surface area contributed by atoms with Crippen LogP contribution < -0.4 is 5.73 Å². The Balaban J connectivity index is 2.48. The van der Waals surface area contributed by atoms with Crippen LogP contribution in [0.4, 0.5) is 4.39 Å². The van der Waals surface area contributed by atoms with Gasteiger partial charge in [0.15, 0.2) is 0 Å². The van der Waals surface area contributed by atoms with E-state index >= 15 is 0 Å². The van der Waals surface area contributed by atoms with Crippen LogP contribution in [0.25, 0.3) is 0 Å². The van der Waals surface area contributed by atoms with E-state index in [2.05, 4.69) is 0 Å². The average molecular weight is 195 g/mol. The van der Waals surface area contributed by atoms with Gasteiger partial charge < -0.3 is 10.8 Å². The molecule has 1 aromatic rings. The number of benzene rings is 1. The minimum Gasteiger partial charge on any atom is -0.508 e. The van der Waals surface area contributed by atoms with Gasteiger partial charge in [-0.05, 0) is 30.0 Å². The molecule has 0 heterocycles. The molecule has 0 saturated heterocycles. The zero-order valence-corrected chi connectivity index (χ0v) is 8.34. The Bertz CT molecular complexity index is 389. The monoisotopic (exact) mass is 195 g/mol. The van der Waals surface area contributed by atoms with E-state index in [0.29, 0.717) is 5.56 Å². The van der Waals surface area contributed by atoms with E-state index in [0.717, 1.165) is 6.42 Å². The second-order valence-corrected chi connectivity index (χ2v) is 4.69. The van der Waals surface area contributed by atoms with E-state index in [9.17, 15) is 9.50 Å². The number of aromatic hydroxyl groups is 1. The molecule has 1 aliphatic rings. The third kappa shape index (κ3) is 1.12. The van der Waals surface area contributed by atoms with Crippen molar-refractivity contribution in [2.24, 2.45) is 11.1 Å². The maximum atomic E-state index is 13.0. The summed E-state index contributed by atoms with van der Waals surface area (Å²) in [6.45, 7) is 4.02. The quantitative estimate of drug-likeness (QED) is 0.721. The maximum absolute atomic E-state index is 13.0. The first-order valence-electron chi connectivity index (χ1n) is 4.65. The molecule has 3 N–H and O–H groups in total. The fourth-order valence-electron chi connectivity index (χ4n) is 1.98. The highest BCUT2D eigenvalue weighted by atomic mass is 19.1. The Kier molecular flexibility index (Phi) is 1.68. The van der Waals surface area contributed by atoms with Crippen molar-refractivity contribution < 1.29 is 9.50 Å². The van der Waals surface area contributed by atoms with Crippen LogP contribution in [0, 0.1) is 11.2 Å². The molecule has 76 valence electrons. The summed E-state index contributed by atoms with van der Waals surface area (Å²) in [7, 11) is 0. The highest BCUT2D eigenvalue weighted by molar-refractivity contribution is 5.44. The van der Waals surface area contributed by atoms with Crippen molar-refractivity contribution in [3.8, 4) is 5.75 Å². The molecule has 3 heteroatoms. The summed E-state index contributed by atoms with van der Waals surface area (Å²) in [6, 6.07) is 3.91. The van der Waals surface area contributed by atoms with Gasteiger partial charge in [-0.1, -0.05) is 13.8 Å². The third-order valence-electron chi connectivity index (χ3n) is 3.24. The number of phenols is 1. The lowest BCUT2D eigenvalue weighted by atomic mass is 9.96. The summed E-state index contributed by atoms with van der Waals surface area (Å²) in [4.78, 5) is 0. The Morgan fingerprint density at radius 3 is 2.50 bits per heavy atom. The van der Waals surface area contributed by atoms with Crippen LogP contribution in [0.5, 0.6) is 5.75 Å². The van der Waals surface area contributed by atoms with Crippen LogP contribution in [-0.4, -0.2) is 5.11 Å². The first-order chi connectivity index (χ1) is 6.37. The Hall–Kier alpha value is -1.09. The Morgan fingerprint density at radius 2 is 2.00 bits per heavy atom. The molecule has 0 aliphatic heterocycles. The van der Waals surface area contributed by atoms with Crippen molar-refractivity contribution in [2.45, 2.75) is 25.8 Å². The zero-order valence-electron chi connectivity index (χ0n) is 8.34. The summed E-state index contributed by atoms with van der Waals surface area (Å²) in [5.41, 5.74) is 5.98. The molecule has 1 fully saturated rings. The van der Waals surface area contributed by atoms with Gasteiger partial charge in [0.25, 0.3) is 0 Å². The SMILES string of the molecule is CC1(C)CC1(N)c1cc(F)ccc1O. The number of nitrogens with two attached hydrogens (primary N) is 1. The first-order valence-corrected chi connectivity index (χ1v) is 4.65. The molecule has 1 aromatic carbocycles. The van der Waals surface area contributed by atoms with E-state index in [-0.39, 0.29) is 17.0 Å². The Labute approximate surface area is 82.5 Å². The Morgan fingerprint density at radius 1 is 1.43 bits per heavy atom. The van der Waals surface area contributed by atoms with Crippen molar-refractivity contribution in [1.29, 1.82) is 0 Å². The van der Waals surface area contributed by atoms with Crippen molar-refractivity contribution in [2.75, 3.05) is 0 Å². The molecule has 2 nitrogen and oxygen atoms in total. The largest absolute Gasteiger partial charge is 0.508 e. The van der Waals surface area contributed by atoms with Gasteiger partial charge in [-0.3, -0.25) is 0 Å². The third-order valence-corrected chi connectivity index (χ3v) is 3.24. The van der Waals surface area contributed by atoms with Crippen molar-refractivity contribution >= 4 is 0 Å². The normalized spacial score (nSPS) is 28.9. The molecule has 0 spiro atoms. The second-order valence-electron chi connectivity index (χ2n) is 4.69. The van der Waals surface area contributed by atoms with E-state index in [1.165, 1.54) is 18.2 Å². The number of halogens is 1. The summed E-state index contributed by atoms with van der Waals surface area (Å²) >= 11 is 0. The summed E-state index contributed by atoms with van der Waals surface area (Å²) in [6.07, 6.45) is 0.775. The lowest BCUT2D eigenvalue weighted by molar-refractivity contribution is 0.436. The molecule has 0 aromatic heterocycles. The minimum absolute atomic E-state index is 0.0573. The zero-order chi connectivity index (χ0) is 10.6. The number of phenolic OH excluding ortho intramolecular Hbond substituents is 1. The molecule has 0 amide bonds. The van der Waals surface area contributed by atoms with Crippen molar-refractivity contribution in [3.63, 3.8) is 0 Å². The van der Waals surface area contributed by atoms with Crippen LogP contribution in [0.1, 0.15) is 25.8 Å². The number of hydrogen-bond acceptors (Lipinski definition) is 2. The van der Waals surface area contributed by atoms with Gasteiger partial charge in [0.2, 0.25) is 0 Å². The summed E-state index contributed by atoms with van der Waals surface area (Å²) < 4.78 is 13.0. The van der Waals surface area contributed by atoms with Crippen LogP contribution in [0.15, 0.2) is 18.2 Å². The molecular weight excluding hydrogens is 181 g/mol. The van der Waals surface area contributed by atoms with Gasteiger partial charge in [-0.25, -0.2) is 4.39 Å². The molecule has 1 atom stereocenters. The van der Waals surface area contributed by atoms with Crippen LogP contribution in [0.3, 0.4) is 0 Å². The molecule has 1 aliphatic carbocycles. The predicted octanol–water partition coefficient (Wildman–Crippen LogP) is 2.12. The van der Waals surface area contributed by atoms with Gasteiger partial charge >= 0.3 is 0 Å². The van der Waals surface area contributed by atoms with E-state index in [4.69, 9.17) is 5.73 Å². The summed E-state index contributed by atoms with van der Waals surface area (Å²) in [5, 5.41) is 9.60. The average Bonchev–Trinajstić information content (AvgIpc) is 2.58. The highest BCUT2D eigenvalue weighted by Gasteiger charge is 2.60. The predicted molar refractivity (Wildman–Crippen MR) is 52.3 cm³/mol. The molecule has 1 saturated carbocycles. The maximum Gasteiger partial charge on any atom is 0.123 e. The standard InChI is InChI=1S/C11H14FNO/c1-10(2)6-11(10,13)8-5-7(12)3-4-9(8)14/h3-5,14H,6,13H2,1-2H3. The van der Waals surface area contributed by atoms with Crippen LogP contribution >= 0.6 is 0 Å². The molecule has 1 unspecified atom stereocenters. The molecular formula is C11H14FNO. The minimum atomic E-state index is -0.570. The van der Waals surface area contributed by atoms with Gasteiger partial charge in [0.05, 0.1) is 5.54 Å². The van der Waals surface area contributed by atoms with Gasteiger partial charge in [0, 0.05) is 5.56 Å². The molecule has 2 rings (SSSR count). The second kappa shape index (κ2) is 2.48. The first kappa shape index (κ1) is 9.46. The fourth-order valence-corrected chi connectivity index (χ4v) is 1.98. The fraction of sp³-hybridized carbons (Fsp3) is 0.455. The molecule has 0 bridgehead atoms. The van der Waals surface area contributed by atoms with Crippen LogP contribution in [-0.2, 0) is 5.54 Å². The molecule has 14 heavy (non-hydrogen) atoms. The van der Waals surface area contributed by atoms with E-state index < -0.39 is 5.54 Å². The molecule has 0 radical (unpaired) electrons. The lowest BCUT2D eigenvalue weighted by Crippen LogP contribution is -2.25. The van der Waals surface area contributed by atoms with E-state index in [1.54, 1.807) is 0 Å². The summed E-state index contributed by atoms with van der Waals surface area (Å²) in [5.74, 6) is -0.273. The van der Waals surface area contributed by atoms with E-state index in [1.807, 2.05) is 13.8 Å². The van der Waals surface area contributed by atoms with Crippen molar-refractivity contribution in [1.82, 2.24) is 0 Å². The van der Waals surface area contributed by atoms with Crippen molar-refractivity contribution in [3.05, 3.63) is 29.6 Å².